The van der Waals surface area contributed by atoms with Gasteiger partial charge in [0.05, 0.1) is 6.20 Å². The van der Waals surface area contributed by atoms with Crippen molar-refractivity contribution in [2.75, 3.05) is 16.0 Å². The van der Waals surface area contributed by atoms with Gasteiger partial charge in [-0.05, 0) is 24.6 Å². The van der Waals surface area contributed by atoms with Crippen molar-refractivity contribution in [3.05, 3.63) is 42.4 Å². The number of rotatable bonds is 3. The van der Waals surface area contributed by atoms with E-state index >= 15 is 0 Å². The van der Waals surface area contributed by atoms with Crippen LogP contribution < -0.4 is 16.0 Å². The predicted molar refractivity (Wildman–Crippen MR) is 80.2 cm³/mol. The van der Waals surface area contributed by atoms with Gasteiger partial charge in [0.25, 0.3) is 0 Å². The lowest BCUT2D eigenvalue weighted by molar-refractivity contribution is -0.114. The first-order valence-corrected chi connectivity index (χ1v) is 6.27. The summed E-state index contributed by atoms with van der Waals surface area (Å²) in [5.41, 5.74) is 2.09. The molecule has 0 unspecified atom stereocenters. The number of hydrogen-bond donors (Lipinski definition) is 3. The Kier molecular flexibility index (Phi) is 4.45. The predicted octanol–water partition coefficient (Wildman–Crippen LogP) is 2.39. The van der Waals surface area contributed by atoms with Crippen LogP contribution in [0.3, 0.4) is 0 Å². The number of anilines is 3. The van der Waals surface area contributed by atoms with E-state index in [0.717, 1.165) is 5.56 Å². The van der Waals surface area contributed by atoms with E-state index in [4.69, 9.17) is 0 Å². The molecule has 0 fully saturated rings. The zero-order chi connectivity index (χ0) is 15.2. The molecule has 1 aromatic heterocycles. The lowest BCUT2D eigenvalue weighted by atomic mass is 10.2. The molecule has 2 aromatic rings. The fraction of sp³-hybridized carbons (Fsp3) is 0.143. The molecule has 0 radical (unpaired) electrons. The molecule has 0 bridgehead atoms. The molecule has 21 heavy (non-hydrogen) atoms. The standard InChI is InChI=1S/C14H15N5O2/c1-9-3-4-11(17-10(2)20)7-12(9)18-14(21)19-13-8-15-5-6-16-13/h3-8H,1-2H3,(H,17,20)(H2,16,18,19,21). The summed E-state index contributed by atoms with van der Waals surface area (Å²) in [7, 11) is 0. The molecular formula is C14H15N5O2. The summed E-state index contributed by atoms with van der Waals surface area (Å²) in [5.74, 6) is 0.180. The number of aromatic nitrogens is 2. The third-order valence-corrected chi connectivity index (χ3v) is 2.61. The Bertz CT molecular complexity index is 658. The van der Waals surface area contributed by atoms with Gasteiger partial charge in [-0.3, -0.25) is 15.1 Å². The van der Waals surface area contributed by atoms with Gasteiger partial charge in [-0.15, -0.1) is 0 Å². The maximum Gasteiger partial charge on any atom is 0.324 e. The number of aryl methyl sites for hydroxylation is 1. The van der Waals surface area contributed by atoms with Gasteiger partial charge in [0.15, 0.2) is 5.82 Å². The molecule has 0 atom stereocenters. The average Bonchev–Trinajstić information content (AvgIpc) is 2.43. The van der Waals surface area contributed by atoms with Gasteiger partial charge in [-0.1, -0.05) is 6.07 Å². The van der Waals surface area contributed by atoms with Crippen LogP contribution in [0, 0.1) is 6.92 Å². The lowest BCUT2D eigenvalue weighted by Crippen LogP contribution is -2.20. The van der Waals surface area contributed by atoms with Crippen LogP contribution >= 0.6 is 0 Å². The first-order chi connectivity index (χ1) is 10.0. The molecule has 0 saturated carbocycles. The van der Waals surface area contributed by atoms with Crippen molar-refractivity contribution in [3.8, 4) is 0 Å². The summed E-state index contributed by atoms with van der Waals surface area (Å²) in [5, 5.41) is 7.93. The van der Waals surface area contributed by atoms with Crippen molar-refractivity contribution in [3.63, 3.8) is 0 Å². The van der Waals surface area contributed by atoms with Crippen molar-refractivity contribution in [2.24, 2.45) is 0 Å². The van der Waals surface area contributed by atoms with E-state index in [1.54, 1.807) is 12.1 Å². The topological polar surface area (TPSA) is 96.0 Å². The van der Waals surface area contributed by atoms with Crippen LogP contribution in [-0.2, 0) is 4.79 Å². The molecule has 0 aliphatic heterocycles. The number of amides is 3. The quantitative estimate of drug-likeness (QED) is 0.806. The molecule has 7 heteroatoms. The number of benzene rings is 1. The Balaban J connectivity index is 2.07. The fourth-order valence-electron chi connectivity index (χ4n) is 1.67. The Labute approximate surface area is 121 Å². The Hall–Kier alpha value is -2.96. The molecule has 0 aliphatic rings. The third kappa shape index (κ3) is 4.27. The van der Waals surface area contributed by atoms with Gasteiger partial charge in [0, 0.05) is 30.7 Å². The van der Waals surface area contributed by atoms with Crippen LogP contribution in [0.1, 0.15) is 12.5 Å². The summed E-state index contributed by atoms with van der Waals surface area (Å²) in [6.45, 7) is 3.28. The number of nitrogens with one attached hydrogen (secondary N) is 3. The van der Waals surface area contributed by atoms with Crippen molar-refractivity contribution in [2.45, 2.75) is 13.8 Å². The number of carbonyl (C=O) groups is 2. The van der Waals surface area contributed by atoms with Crippen molar-refractivity contribution in [1.29, 1.82) is 0 Å². The molecule has 7 nitrogen and oxygen atoms in total. The number of hydrogen-bond acceptors (Lipinski definition) is 4. The Morgan fingerprint density at radius 2 is 1.90 bits per heavy atom. The zero-order valence-electron chi connectivity index (χ0n) is 11.7. The lowest BCUT2D eigenvalue weighted by Gasteiger charge is -2.11. The summed E-state index contributed by atoms with van der Waals surface area (Å²) < 4.78 is 0. The minimum Gasteiger partial charge on any atom is -0.326 e. The molecule has 2 rings (SSSR count). The molecule has 108 valence electrons. The number of carbonyl (C=O) groups excluding carboxylic acids is 2. The SMILES string of the molecule is CC(=O)Nc1ccc(C)c(NC(=O)Nc2cnccn2)c1. The molecule has 3 amide bonds. The maximum atomic E-state index is 11.9. The summed E-state index contributed by atoms with van der Waals surface area (Å²) in [6, 6.07) is 4.83. The summed E-state index contributed by atoms with van der Waals surface area (Å²) in [4.78, 5) is 30.7. The summed E-state index contributed by atoms with van der Waals surface area (Å²) in [6.07, 6.45) is 4.45. The molecular weight excluding hydrogens is 270 g/mol. The highest BCUT2D eigenvalue weighted by Crippen LogP contribution is 2.20. The van der Waals surface area contributed by atoms with Crippen molar-refractivity contribution < 1.29 is 9.59 Å². The van der Waals surface area contributed by atoms with Gasteiger partial charge < -0.3 is 10.6 Å². The smallest absolute Gasteiger partial charge is 0.324 e. The highest BCUT2D eigenvalue weighted by molar-refractivity contribution is 6.00. The van der Waals surface area contributed by atoms with Gasteiger partial charge in [-0.25, -0.2) is 9.78 Å². The maximum absolute atomic E-state index is 11.9. The zero-order valence-corrected chi connectivity index (χ0v) is 11.7. The van der Waals surface area contributed by atoms with E-state index in [9.17, 15) is 9.59 Å². The largest absolute Gasteiger partial charge is 0.326 e. The minimum absolute atomic E-state index is 0.172. The average molecular weight is 285 g/mol. The highest BCUT2D eigenvalue weighted by atomic mass is 16.2. The molecule has 0 aliphatic carbocycles. The van der Waals surface area contributed by atoms with Gasteiger partial charge in [-0.2, -0.15) is 0 Å². The van der Waals surface area contributed by atoms with E-state index in [-0.39, 0.29) is 5.91 Å². The first kappa shape index (κ1) is 14.4. The van der Waals surface area contributed by atoms with Gasteiger partial charge >= 0.3 is 6.03 Å². The monoisotopic (exact) mass is 285 g/mol. The van der Waals surface area contributed by atoms with Crippen molar-refractivity contribution >= 4 is 29.1 Å². The molecule has 1 heterocycles. The van der Waals surface area contributed by atoms with Crippen LogP contribution in [0.2, 0.25) is 0 Å². The van der Waals surface area contributed by atoms with Crippen LogP contribution in [0.25, 0.3) is 0 Å². The molecule has 1 aromatic carbocycles. The van der Waals surface area contributed by atoms with Crippen LogP contribution in [0.15, 0.2) is 36.8 Å². The van der Waals surface area contributed by atoms with Crippen LogP contribution in [0.5, 0.6) is 0 Å². The third-order valence-electron chi connectivity index (χ3n) is 2.61. The normalized spacial score (nSPS) is 9.81. The second kappa shape index (κ2) is 6.47. The highest BCUT2D eigenvalue weighted by Gasteiger charge is 2.07. The summed E-state index contributed by atoms with van der Waals surface area (Å²) >= 11 is 0. The Morgan fingerprint density at radius 1 is 1.10 bits per heavy atom. The van der Waals surface area contributed by atoms with Crippen molar-refractivity contribution in [1.82, 2.24) is 9.97 Å². The second-order valence-electron chi connectivity index (χ2n) is 4.38. The molecule has 0 spiro atoms. The van der Waals surface area contributed by atoms with Gasteiger partial charge in [0.1, 0.15) is 0 Å². The van der Waals surface area contributed by atoms with E-state index in [0.29, 0.717) is 17.2 Å². The van der Waals surface area contributed by atoms with Crippen LogP contribution in [0.4, 0.5) is 22.0 Å². The first-order valence-electron chi connectivity index (χ1n) is 6.27. The van der Waals surface area contributed by atoms with E-state index in [1.807, 2.05) is 13.0 Å². The fourth-order valence-corrected chi connectivity index (χ4v) is 1.67. The number of nitrogens with zero attached hydrogens (tertiary/aromatic N) is 2. The Morgan fingerprint density at radius 3 is 2.57 bits per heavy atom. The minimum atomic E-state index is -0.432. The van der Waals surface area contributed by atoms with E-state index < -0.39 is 6.03 Å². The van der Waals surface area contributed by atoms with E-state index in [2.05, 4.69) is 25.9 Å². The second-order valence-corrected chi connectivity index (χ2v) is 4.38. The molecule has 3 N–H and O–H groups in total. The van der Waals surface area contributed by atoms with Crippen LogP contribution in [-0.4, -0.2) is 21.9 Å². The molecule has 0 saturated heterocycles. The van der Waals surface area contributed by atoms with E-state index in [1.165, 1.54) is 25.5 Å². The van der Waals surface area contributed by atoms with Gasteiger partial charge in [0.2, 0.25) is 5.91 Å². The number of urea groups is 1.